The predicted octanol–water partition coefficient (Wildman–Crippen LogP) is 12.4. The molecule has 254 valence electrons. The number of hydrogen-bond acceptors (Lipinski definition) is 4. The highest BCUT2D eigenvalue weighted by atomic mass is 32.1. The lowest BCUT2D eigenvalue weighted by Gasteiger charge is -2.23. The highest BCUT2D eigenvalue weighted by Gasteiger charge is 2.38. The third-order valence-corrected chi connectivity index (χ3v) is 12.8. The largest absolute Gasteiger partial charge is 0.277 e. The second-order valence-corrected chi connectivity index (χ2v) is 15.9. The summed E-state index contributed by atoms with van der Waals surface area (Å²) in [5.74, 6) is 1.82. The van der Waals surface area contributed by atoms with E-state index < -0.39 is 0 Å². The van der Waals surface area contributed by atoms with Gasteiger partial charge in [0.2, 0.25) is 11.9 Å². The number of nitrogens with zero attached hydrogens (tertiary/aromatic N) is 5. The molecule has 0 radical (unpaired) electrons. The van der Waals surface area contributed by atoms with E-state index in [1.165, 1.54) is 64.0 Å². The van der Waals surface area contributed by atoms with Crippen LogP contribution < -0.4 is 0 Å². The van der Waals surface area contributed by atoms with Crippen LogP contribution in [0.5, 0.6) is 0 Å². The lowest BCUT2D eigenvalue weighted by molar-refractivity contribution is 0.663. The van der Waals surface area contributed by atoms with Crippen molar-refractivity contribution in [2.45, 2.75) is 19.3 Å². The molecule has 0 saturated carbocycles. The van der Waals surface area contributed by atoms with Gasteiger partial charge in [0.05, 0.1) is 26.8 Å². The number of benzene rings is 7. The van der Waals surface area contributed by atoms with Gasteiger partial charge in [0.1, 0.15) is 0 Å². The number of hydrogen-bond donors (Lipinski definition) is 0. The maximum atomic E-state index is 5.54. The molecular weight excluding hydrogens is 679 g/mol. The van der Waals surface area contributed by atoms with Crippen LogP contribution >= 0.6 is 11.3 Å². The van der Waals surface area contributed by atoms with E-state index in [1.54, 1.807) is 0 Å². The molecule has 5 nitrogen and oxygen atoms in total. The first-order valence-electron chi connectivity index (χ1n) is 18.4. The standard InChI is InChI=1S/C48H31N5S/c1-48(2)37-20-10-6-16-29(37)33-24-25-34-30-17-7-11-21-38(30)52(42(34)41(33)48)46-49-45(28-14-4-3-5-15-28)50-47(51-46)53-39-22-12-8-18-31(39)35-26-27-36-32-19-9-13-23-40(32)54-44(36)43(35)53/h3-27H,1-2H3. The Morgan fingerprint density at radius 1 is 0.463 bits per heavy atom. The summed E-state index contributed by atoms with van der Waals surface area (Å²) in [6.07, 6.45) is 0. The fourth-order valence-electron chi connectivity index (χ4n) is 9.23. The zero-order valence-corrected chi connectivity index (χ0v) is 30.4. The van der Waals surface area contributed by atoms with Gasteiger partial charge < -0.3 is 0 Å². The van der Waals surface area contributed by atoms with E-state index in [2.05, 4.69) is 156 Å². The first-order chi connectivity index (χ1) is 26.6. The van der Waals surface area contributed by atoms with Crippen molar-refractivity contribution in [2.24, 2.45) is 0 Å². The summed E-state index contributed by atoms with van der Waals surface area (Å²) in [6, 6.07) is 54.3. The average Bonchev–Trinajstić information content (AvgIpc) is 3.93. The Morgan fingerprint density at radius 3 is 1.80 bits per heavy atom. The van der Waals surface area contributed by atoms with Gasteiger partial charge >= 0.3 is 0 Å². The molecule has 11 aromatic rings. The second-order valence-electron chi connectivity index (χ2n) is 14.8. The van der Waals surface area contributed by atoms with Crippen molar-refractivity contribution >= 4 is 75.1 Å². The molecule has 0 N–H and O–H groups in total. The van der Waals surface area contributed by atoms with Crippen molar-refractivity contribution < 1.29 is 0 Å². The van der Waals surface area contributed by atoms with Gasteiger partial charge in [-0.25, -0.2) is 0 Å². The van der Waals surface area contributed by atoms with E-state index in [0.717, 1.165) is 27.6 Å². The van der Waals surface area contributed by atoms with Gasteiger partial charge in [-0.05, 0) is 40.5 Å². The molecule has 0 bridgehead atoms. The van der Waals surface area contributed by atoms with E-state index >= 15 is 0 Å². The number of aromatic nitrogens is 5. The maximum Gasteiger partial charge on any atom is 0.240 e. The maximum absolute atomic E-state index is 5.54. The molecule has 0 unspecified atom stereocenters. The van der Waals surface area contributed by atoms with E-state index in [1.807, 2.05) is 29.5 Å². The van der Waals surface area contributed by atoms with Crippen LogP contribution in [0.2, 0.25) is 0 Å². The van der Waals surface area contributed by atoms with Gasteiger partial charge in [-0.3, -0.25) is 9.13 Å². The van der Waals surface area contributed by atoms with Gasteiger partial charge in [-0.15, -0.1) is 11.3 Å². The second kappa shape index (κ2) is 10.7. The Bertz CT molecular complexity index is 3370. The minimum atomic E-state index is -0.241. The molecule has 0 fully saturated rings. The molecule has 0 atom stereocenters. The minimum Gasteiger partial charge on any atom is -0.277 e. The lowest BCUT2D eigenvalue weighted by atomic mass is 9.81. The molecule has 0 spiro atoms. The molecule has 6 heteroatoms. The molecule has 0 amide bonds. The summed E-state index contributed by atoms with van der Waals surface area (Å²) in [5, 5.41) is 7.22. The third-order valence-electron chi connectivity index (χ3n) is 11.6. The van der Waals surface area contributed by atoms with Crippen LogP contribution in [0.3, 0.4) is 0 Å². The van der Waals surface area contributed by atoms with Crippen molar-refractivity contribution in [3.63, 3.8) is 0 Å². The summed E-state index contributed by atoms with van der Waals surface area (Å²) in [7, 11) is 0. The van der Waals surface area contributed by atoms with Crippen LogP contribution in [0.4, 0.5) is 0 Å². The zero-order chi connectivity index (χ0) is 35.7. The van der Waals surface area contributed by atoms with Crippen LogP contribution in [0.15, 0.2) is 152 Å². The number of para-hydroxylation sites is 2. The lowest BCUT2D eigenvalue weighted by Crippen LogP contribution is -2.17. The minimum absolute atomic E-state index is 0.241. The van der Waals surface area contributed by atoms with E-state index in [4.69, 9.17) is 15.0 Å². The van der Waals surface area contributed by atoms with E-state index in [0.29, 0.717) is 17.7 Å². The smallest absolute Gasteiger partial charge is 0.240 e. The monoisotopic (exact) mass is 709 g/mol. The van der Waals surface area contributed by atoms with Crippen LogP contribution in [0.25, 0.3) is 98.2 Å². The fraction of sp³-hybridized carbons (Fsp3) is 0.0625. The van der Waals surface area contributed by atoms with Crippen LogP contribution in [-0.4, -0.2) is 24.1 Å². The Balaban J connectivity index is 1.24. The molecule has 0 aliphatic heterocycles. The quantitative estimate of drug-likeness (QED) is 0.183. The Hall–Kier alpha value is -6.63. The summed E-state index contributed by atoms with van der Waals surface area (Å²) in [5.41, 5.74) is 10.3. The molecule has 54 heavy (non-hydrogen) atoms. The van der Waals surface area contributed by atoms with Crippen molar-refractivity contribution in [2.75, 3.05) is 0 Å². The SMILES string of the molecule is CC1(C)c2ccccc2-c2ccc3c4ccccc4n(-c4nc(-c5ccccc5)nc(-n5c6ccccc6c6ccc7c8ccccc8sc7c65)n4)c3c21. The normalized spacial score (nSPS) is 13.5. The Morgan fingerprint density at radius 2 is 1.04 bits per heavy atom. The molecule has 0 saturated heterocycles. The van der Waals surface area contributed by atoms with Gasteiger partial charge in [-0.2, -0.15) is 15.0 Å². The topological polar surface area (TPSA) is 48.5 Å². The Labute approximate surface area is 314 Å². The molecule has 12 rings (SSSR count). The highest BCUT2D eigenvalue weighted by Crippen LogP contribution is 2.53. The van der Waals surface area contributed by atoms with Crippen LogP contribution in [0.1, 0.15) is 25.0 Å². The number of rotatable bonds is 3. The van der Waals surface area contributed by atoms with Crippen molar-refractivity contribution in [1.29, 1.82) is 0 Å². The molecule has 1 aliphatic rings. The molecule has 7 aromatic carbocycles. The predicted molar refractivity (Wildman–Crippen MR) is 224 cm³/mol. The van der Waals surface area contributed by atoms with Crippen molar-refractivity contribution in [1.82, 2.24) is 24.1 Å². The average molecular weight is 710 g/mol. The highest BCUT2D eigenvalue weighted by molar-refractivity contribution is 7.26. The van der Waals surface area contributed by atoms with Gasteiger partial charge in [0.15, 0.2) is 5.82 Å². The molecular formula is C48H31N5S. The van der Waals surface area contributed by atoms with Gasteiger partial charge in [0.25, 0.3) is 0 Å². The number of thiophene rings is 1. The first-order valence-corrected chi connectivity index (χ1v) is 19.2. The fourth-order valence-corrected chi connectivity index (χ4v) is 10.5. The van der Waals surface area contributed by atoms with Crippen molar-refractivity contribution in [3.05, 3.63) is 163 Å². The molecule has 4 heterocycles. The molecule has 1 aliphatic carbocycles. The molecule has 4 aromatic heterocycles. The van der Waals surface area contributed by atoms with Gasteiger partial charge in [0, 0.05) is 48.0 Å². The van der Waals surface area contributed by atoms with Crippen LogP contribution in [0, 0.1) is 0 Å². The Kier molecular flexibility index (Phi) is 5.93. The number of fused-ring (bicyclic) bond motifs is 14. The van der Waals surface area contributed by atoms with Crippen molar-refractivity contribution in [3.8, 4) is 34.4 Å². The first kappa shape index (κ1) is 29.9. The van der Waals surface area contributed by atoms with Crippen LogP contribution in [-0.2, 0) is 5.41 Å². The van der Waals surface area contributed by atoms with E-state index in [-0.39, 0.29) is 5.41 Å². The summed E-state index contributed by atoms with van der Waals surface area (Å²) in [6.45, 7) is 4.70. The van der Waals surface area contributed by atoms with E-state index in [9.17, 15) is 0 Å². The zero-order valence-electron chi connectivity index (χ0n) is 29.6. The summed E-state index contributed by atoms with van der Waals surface area (Å²) in [4.78, 5) is 16.2. The third kappa shape index (κ3) is 3.90. The van der Waals surface area contributed by atoms with Gasteiger partial charge in [-0.1, -0.05) is 147 Å². The summed E-state index contributed by atoms with van der Waals surface area (Å²) >= 11 is 1.83. The summed E-state index contributed by atoms with van der Waals surface area (Å²) < 4.78 is 7.07.